The number of carbonyl (C=O) groups is 1. The number of nitrogens with zero attached hydrogens (tertiary/aromatic N) is 2. The molecule has 2 aromatic carbocycles. The average molecular weight is 380 g/mol. The molecule has 0 atom stereocenters. The van der Waals surface area contributed by atoms with Gasteiger partial charge in [-0.15, -0.1) is 0 Å². The maximum Gasteiger partial charge on any atom is 0.254 e. The summed E-state index contributed by atoms with van der Waals surface area (Å²) in [5.74, 6) is 1.47. The first-order valence-corrected chi connectivity index (χ1v) is 8.53. The molecule has 0 aliphatic heterocycles. The molecule has 0 bridgehead atoms. The molecular formula is C21H24N4O3. The zero-order chi connectivity index (χ0) is 20.5. The molecule has 0 aromatic heterocycles. The van der Waals surface area contributed by atoms with Crippen LogP contribution in [0.2, 0.25) is 0 Å². The van der Waals surface area contributed by atoms with Gasteiger partial charge in [0.2, 0.25) is 0 Å². The van der Waals surface area contributed by atoms with Crippen molar-refractivity contribution in [1.82, 2.24) is 5.32 Å². The third-order valence-electron chi connectivity index (χ3n) is 4.01. The van der Waals surface area contributed by atoms with E-state index in [2.05, 4.69) is 27.3 Å². The van der Waals surface area contributed by atoms with E-state index in [-0.39, 0.29) is 5.91 Å². The number of hydrogen-bond acceptors (Lipinski definition) is 5. The topological polar surface area (TPSA) is 84.3 Å². The lowest BCUT2D eigenvalue weighted by Gasteiger charge is -2.13. The second kappa shape index (κ2) is 9.91. The highest BCUT2D eigenvalue weighted by Gasteiger charge is 2.13. The monoisotopic (exact) mass is 380 g/mol. The first-order valence-electron chi connectivity index (χ1n) is 8.53. The lowest BCUT2D eigenvalue weighted by Crippen LogP contribution is -2.19. The molecule has 0 saturated carbocycles. The van der Waals surface area contributed by atoms with Crippen molar-refractivity contribution in [3.8, 4) is 11.5 Å². The number of benzene rings is 2. The highest BCUT2D eigenvalue weighted by atomic mass is 16.5. The van der Waals surface area contributed by atoms with Gasteiger partial charge in [-0.1, -0.05) is 12.1 Å². The fourth-order valence-corrected chi connectivity index (χ4v) is 2.60. The van der Waals surface area contributed by atoms with Crippen LogP contribution in [0.1, 0.15) is 15.9 Å². The summed E-state index contributed by atoms with van der Waals surface area (Å²) in [6.07, 6.45) is 1.76. The normalized spacial score (nSPS) is 11.6. The maximum atomic E-state index is 12.1. The molecule has 0 heterocycles. The number of methoxy groups -OCH3 is 2. The Morgan fingerprint density at radius 2 is 1.75 bits per heavy atom. The first-order chi connectivity index (χ1) is 13.6. The van der Waals surface area contributed by atoms with Crippen molar-refractivity contribution >= 4 is 29.8 Å². The Hall–Kier alpha value is -3.61. The minimum atomic E-state index is -0.242. The summed E-state index contributed by atoms with van der Waals surface area (Å²) < 4.78 is 10.6. The molecule has 7 nitrogen and oxygen atoms in total. The van der Waals surface area contributed by atoms with Crippen LogP contribution >= 0.6 is 0 Å². The summed E-state index contributed by atoms with van der Waals surface area (Å²) in [4.78, 5) is 20.4. The van der Waals surface area contributed by atoms with Gasteiger partial charge in [-0.3, -0.25) is 14.8 Å². The largest absolute Gasteiger partial charge is 0.496 e. The fraction of sp³-hybridized carbons (Fsp3) is 0.190. The summed E-state index contributed by atoms with van der Waals surface area (Å²) in [5, 5.41) is 5.78. The maximum absolute atomic E-state index is 12.1. The molecule has 28 heavy (non-hydrogen) atoms. The minimum Gasteiger partial charge on any atom is -0.496 e. The van der Waals surface area contributed by atoms with E-state index in [4.69, 9.17) is 9.47 Å². The van der Waals surface area contributed by atoms with Crippen molar-refractivity contribution in [3.05, 3.63) is 59.7 Å². The van der Waals surface area contributed by atoms with Gasteiger partial charge in [-0.2, -0.15) is 0 Å². The van der Waals surface area contributed by atoms with E-state index in [9.17, 15) is 4.79 Å². The van der Waals surface area contributed by atoms with Crippen LogP contribution in [-0.2, 0) is 0 Å². The van der Waals surface area contributed by atoms with Crippen molar-refractivity contribution in [2.75, 3.05) is 33.6 Å². The Bertz CT molecular complexity index is 920. The SMILES string of the molecule is C=N/C(=C\C(=NC)Nc1ccc(OC)c(C(=O)NC)c1)c1ccccc1OC. The number of rotatable bonds is 7. The Morgan fingerprint density at radius 1 is 1.07 bits per heavy atom. The van der Waals surface area contributed by atoms with Gasteiger partial charge in [0.15, 0.2) is 0 Å². The predicted octanol–water partition coefficient (Wildman–Crippen LogP) is 3.25. The Labute approximate surface area is 164 Å². The van der Waals surface area contributed by atoms with Crippen LogP contribution in [0, 0.1) is 0 Å². The number of anilines is 1. The number of carbonyl (C=O) groups excluding carboxylic acids is 1. The number of para-hydroxylation sites is 1. The van der Waals surface area contributed by atoms with E-state index < -0.39 is 0 Å². The van der Waals surface area contributed by atoms with Gasteiger partial charge >= 0.3 is 0 Å². The van der Waals surface area contributed by atoms with Crippen molar-refractivity contribution in [1.29, 1.82) is 0 Å². The number of amides is 1. The van der Waals surface area contributed by atoms with Crippen LogP contribution in [0.25, 0.3) is 5.70 Å². The summed E-state index contributed by atoms with van der Waals surface area (Å²) in [7, 11) is 6.35. The molecule has 2 aromatic rings. The molecule has 0 aliphatic carbocycles. The van der Waals surface area contributed by atoms with Gasteiger partial charge in [-0.05, 0) is 37.0 Å². The van der Waals surface area contributed by atoms with Crippen LogP contribution in [0.4, 0.5) is 5.69 Å². The molecule has 7 heteroatoms. The Balaban J connectivity index is 2.37. The zero-order valence-corrected chi connectivity index (χ0v) is 16.4. The second-order valence-electron chi connectivity index (χ2n) is 5.62. The molecule has 1 amide bonds. The van der Waals surface area contributed by atoms with Gasteiger partial charge < -0.3 is 20.1 Å². The van der Waals surface area contributed by atoms with E-state index in [0.29, 0.717) is 34.3 Å². The number of aliphatic imine (C=N–C) groups is 2. The van der Waals surface area contributed by atoms with Gasteiger partial charge in [0.1, 0.15) is 17.3 Å². The van der Waals surface area contributed by atoms with E-state index in [1.807, 2.05) is 24.3 Å². The van der Waals surface area contributed by atoms with Crippen molar-refractivity contribution in [3.63, 3.8) is 0 Å². The molecule has 2 N–H and O–H groups in total. The molecule has 0 saturated heterocycles. The van der Waals surface area contributed by atoms with Crippen LogP contribution in [0.15, 0.2) is 58.5 Å². The van der Waals surface area contributed by atoms with E-state index in [0.717, 1.165) is 5.56 Å². The quantitative estimate of drug-likeness (QED) is 0.570. The number of amidine groups is 1. The molecule has 0 radical (unpaired) electrons. The van der Waals surface area contributed by atoms with Gasteiger partial charge in [-0.25, -0.2) is 0 Å². The van der Waals surface area contributed by atoms with E-state index in [1.165, 1.54) is 7.11 Å². The van der Waals surface area contributed by atoms with Crippen LogP contribution < -0.4 is 20.1 Å². The second-order valence-corrected chi connectivity index (χ2v) is 5.62. The first kappa shape index (κ1) is 20.7. The fourth-order valence-electron chi connectivity index (χ4n) is 2.60. The third-order valence-corrected chi connectivity index (χ3v) is 4.01. The molecule has 0 fully saturated rings. The van der Waals surface area contributed by atoms with Gasteiger partial charge in [0, 0.05) is 31.4 Å². The highest BCUT2D eigenvalue weighted by molar-refractivity contribution is 6.09. The number of nitrogens with one attached hydrogen (secondary N) is 2. The lowest BCUT2D eigenvalue weighted by molar-refractivity contribution is 0.0960. The standard InChI is InChI=1S/C21H24N4O3/c1-22-17(15-8-6-7-9-18(15)27-4)13-20(23-2)25-14-10-11-19(28-5)16(12-14)21(26)24-3/h6-13H,1H2,2-5H3,(H,23,25)(H,24,26)/b17-13-. The summed E-state index contributed by atoms with van der Waals surface area (Å²) >= 11 is 0. The summed E-state index contributed by atoms with van der Waals surface area (Å²) in [6.45, 7) is 3.65. The van der Waals surface area contributed by atoms with Crippen molar-refractivity contribution in [2.45, 2.75) is 0 Å². The molecule has 2 rings (SSSR count). The van der Waals surface area contributed by atoms with Crippen LogP contribution in [0.5, 0.6) is 11.5 Å². The van der Waals surface area contributed by atoms with Crippen molar-refractivity contribution < 1.29 is 14.3 Å². The third kappa shape index (κ3) is 4.76. The highest BCUT2D eigenvalue weighted by Crippen LogP contribution is 2.27. The summed E-state index contributed by atoms with van der Waals surface area (Å²) in [6, 6.07) is 12.7. The lowest BCUT2D eigenvalue weighted by atomic mass is 10.1. The van der Waals surface area contributed by atoms with E-state index >= 15 is 0 Å². The molecule has 146 valence electrons. The minimum absolute atomic E-state index is 0.242. The predicted molar refractivity (Wildman–Crippen MR) is 114 cm³/mol. The Morgan fingerprint density at radius 3 is 2.36 bits per heavy atom. The smallest absolute Gasteiger partial charge is 0.254 e. The zero-order valence-electron chi connectivity index (χ0n) is 16.4. The Kier molecular flexibility index (Phi) is 7.33. The van der Waals surface area contributed by atoms with E-state index in [1.54, 1.807) is 45.5 Å². The molecule has 0 unspecified atom stereocenters. The molecular weight excluding hydrogens is 356 g/mol. The van der Waals surface area contributed by atoms with Crippen LogP contribution in [0.3, 0.4) is 0 Å². The number of hydrogen-bond donors (Lipinski definition) is 2. The molecule has 0 spiro atoms. The summed E-state index contributed by atoms with van der Waals surface area (Å²) in [5.41, 5.74) is 2.50. The molecule has 0 aliphatic rings. The average Bonchev–Trinajstić information content (AvgIpc) is 2.75. The number of ether oxygens (including phenoxy) is 2. The van der Waals surface area contributed by atoms with Crippen molar-refractivity contribution in [2.24, 2.45) is 9.98 Å². The van der Waals surface area contributed by atoms with Gasteiger partial charge in [0.05, 0.1) is 25.5 Å². The van der Waals surface area contributed by atoms with Crippen LogP contribution in [-0.4, -0.2) is 46.8 Å². The van der Waals surface area contributed by atoms with Gasteiger partial charge in [0.25, 0.3) is 5.91 Å².